The number of aryl methyl sites for hydroxylation is 1. The first-order chi connectivity index (χ1) is 11.9. The SMILES string of the molecule is Cc1cc(OC(C)C)ccc1Oc1ccc2cc(C(C)N)ccc2n1. The number of ether oxygens (including phenoxy) is 2. The third-order valence-electron chi connectivity index (χ3n) is 3.95. The van der Waals surface area contributed by atoms with Crippen molar-refractivity contribution in [2.24, 2.45) is 5.73 Å². The van der Waals surface area contributed by atoms with Gasteiger partial charge in [-0.25, -0.2) is 4.98 Å². The maximum absolute atomic E-state index is 5.96. The molecule has 4 heteroatoms. The lowest BCUT2D eigenvalue weighted by atomic mass is 10.1. The number of pyridine rings is 1. The summed E-state index contributed by atoms with van der Waals surface area (Å²) in [6, 6.07) is 15.8. The maximum atomic E-state index is 5.96. The van der Waals surface area contributed by atoms with Gasteiger partial charge < -0.3 is 15.2 Å². The Morgan fingerprint density at radius 1 is 0.960 bits per heavy atom. The number of aromatic nitrogens is 1. The van der Waals surface area contributed by atoms with Crippen LogP contribution in [0.5, 0.6) is 17.4 Å². The van der Waals surface area contributed by atoms with E-state index >= 15 is 0 Å². The van der Waals surface area contributed by atoms with Crippen LogP contribution in [0.15, 0.2) is 48.5 Å². The van der Waals surface area contributed by atoms with Crippen molar-refractivity contribution >= 4 is 10.9 Å². The number of hydrogen-bond donors (Lipinski definition) is 1. The number of fused-ring (bicyclic) bond motifs is 1. The molecule has 0 spiro atoms. The van der Waals surface area contributed by atoms with Crippen LogP contribution >= 0.6 is 0 Å². The third-order valence-corrected chi connectivity index (χ3v) is 3.95. The summed E-state index contributed by atoms with van der Waals surface area (Å²) in [7, 11) is 0. The van der Waals surface area contributed by atoms with E-state index in [2.05, 4.69) is 11.1 Å². The molecule has 1 atom stereocenters. The molecule has 0 radical (unpaired) electrons. The second-order valence-corrected chi connectivity index (χ2v) is 6.59. The van der Waals surface area contributed by atoms with Gasteiger partial charge >= 0.3 is 0 Å². The van der Waals surface area contributed by atoms with E-state index in [1.807, 2.05) is 70.2 Å². The van der Waals surface area contributed by atoms with E-state index in [4.69, 9.17) is 15.2 Å². The van der Waals surface area contributed by atoms with E-state index < -0.39 is 0 Å². The molecule has 0 amide bonds. The molecule has 4 nitrogen and oxygen atoms in total. The number of hydrogen-bond acceptors (Lipinski definition) is 4. The van der Waals surface area contributed by atoms with E-state index in [1.165, 1.54) is 0 Å². The van der Waals surface area contributed by atoms with Crippen LogP contribution in [0, 0.1) is 6.92 Å². The summed E-state index contributed by atoms with van der Waals surface area (Å²) >= 11 is 0. The summed E-state index contributed by atoms with van der Waals surface area (Å²) in [5.74, 6) is 2.19. The number of rotatable bonds is 5. The molecule has 0 aliphatic carbocycles. The summed E-state index contributed by atoms with van der Waals surface area (Å²) in [5, 5.41) is 1.06. The van der Waals surface area contributed by atoms with Crippen molar-refractivity contribution in [2.45, 2.75) is 39.8 Å². The molecule has 3 aromatic rings. The molecule has 1 unspecified atom stereocenters. The zero-order valence-corrected chi connectivity index (χ0v) is 15.1. The van der Waals surface area contributed by atoms with Gasteiger partial charge in [-0.3, -0.25) is 0 Å². The highest BCUT2D eigenvalue weighted by Gasteiger charge is 2.07. The van der Waals surface area contributed by atoms with Crippen LogP contribution in [0.1, 0.15) is 37.9 Å². The first-order valence-electron chi connectivity index (χ1n) is 8.54. The van der Waals surface area contributed by atoms with Gasteiger partial charge in [0.2, 0.25) is 5.88 Å². The number of nitrogens with zero attached hydrogens (tertiary/aromatic N) is 1. The summed E-state index contributed by atoms with van der Waals surface area (Å²) in [6.45, 7) is 7.99. The van der Waals surface area contributed by atoms with Crippen molar-refractivity contribution in [3.63, 3.8) is 0 Å². The van der Waals surface area contributed by atoms with Crippen LogP contribution in [0.25, 0.3) is 10.9 Å². The van der Waals surface area contributed by atoms with E-state index in [0.29, 0.717) is 5.88 Å². The molecule has 2 aromatic carbocycles. The average Bonchev–Trinajstić information content (AvgIpc) is 2.56. The predicted octanol–water partition coefficient (Wildman–Crippen LogP) is 5.14. The molecule has 3 rings (SSSR count). The van der Waals surface area contributed by atoms with Gasteiger partial charge in [0, 0.05) is 17.5 Å². The highest BCUT2D eigenvalue weighted by Crippen LogP contribution is 2.29. The van der Waals surface area contributed by atoms with Crippen LogP contribution < -0.4 is 15.2 Å². The Kier molecular flexibility index (Phi) is 4.91. The molecule has 0 fully saturated rings. The summed E-state index contributed by atoms with van der Waals surface area (Å²) in [6.07, 6.45) is 0.148. The van der Waals surface area contributed by atoms with E-state index in [-0.39, 0.29) is 12.1 Å². The van der Waals surface area contributed by atoms with Gasteiger partial charge in [-0.1, -0.05) is 6.07 Å². The average molecular weight is 336 g/mol. The minimum atomic E-state index is 0.00884. The van der Waals surface area contributed by atoms with E-state index in [1.54, 1.807) is 0 Å². The Hall–Kier alpha value is -2.59. The van der Waals surface area contributed by atoms with Crippen molar-refractivity contribution in [3.8, 4) is 17.4 Å². The first kappa shape index (κ1) is 17.2. The van der Waals surface area contributed by atoms with Gasteiger partial charge in [0.15, 0.2) is 0 Å². The fourth-order valence-corrected chi connectivity index (χ4v) is 2.66. The minimum absolute atomic E-state index is 0.00884. The lowest BCUT2D eigenvalue weighted by Crippen LogP contribution is -2.05. The largest absolute Gasteiger partial charge is 0.491 e. The Bertz CT molecular complexity index is 888. The second-order valence-electron chi connectivity index (χ2n) is 6.59. The lowest BCUT2D eigenvalue weighted by Gasteiger charge is -2.13. The molecule has 1 aromatic heterocycles. The molecule has 1 heterocycles. The second kappa shape index (κ2) is 7.11. The maximum Gasteiger partial charge on any atom is 0.219 e. The van der Waals surface area contributed by atoms with Gasteiger partial charge in [0.05, 0.1) is 11.6 Å². The lowest BCUT2D eigenvalue weighted by molar-refractivity contribution is 0.242. The molecule has 0 saturated carbocycles. The zero-order valence-electron chi connectivity index (χ0n) is 15.1. The predicted molar refractivity (Wildman–Crippen MR) is 101 cm³/mol. The highest BCUT2D eigenvalue weighted by atomic mass is 16.5. The van der Waals surface area contributed by atoms with Crippen LogP contribution in [-0.2, 0) is 0 Å². The summed E-state index contributed by atoms with van der Waals surface area (Å²) in [5.41, 5.74) is 8.93. The molecular weight excluding hydrogens is 312 g/mol. The standard InChI is InChI=1S/C21H24N2O2/c1-13(2)24-18-7-9-20(14(3)11-18)25-21-10-6-17-12-16(15(4)22)5-8-19(17)23-21/h5-13,15H,22H2,1-4H3. The van der Waals surface area contributed by atoms with E-state index in [0.717, 1.165) is 33.5 Å². The van der Waals surface area contributed by atoms with Gasteiger partial charge in [0.1, 0.15) is 11.5 Å². The fraction of sp³-hybridized carbons (Fsp3) is 0.286. The monoisotopic (exact) mass is 336 g/mol. The molecule has 0 saturated heterocycles. The van der Waals surface area contributed by atoms with Crippen LogP contribution in [0.4, 0.5) is 0 Å². The van der Waals surface area contributed by atoms with Crippen LogP contribution in [0.3, 0.4) is 0 Å². The van der Waals surface area contributed by atoms with Crippen molar-refractivity contribution in [3.05, 3.63) is 59.7 Å². The first-order valence-corrected chi connectivity index (χ1v) is 8.54. The summed E-state index contributed by atoms with van der Waals surface area (Å²) in [4.78, 5) is 4.59. The minimum Gasteiger partial charge on any atom is -0.491 e. The summed E-state index contributed by atoms with van der Waals surface area (Å²) < 4.78 is 11.7. The number of nitrogens with two attached hydrogens (primary N) is 1. The van der Waals surface area contributed by atoms with Crippen molar-refractivity contribution in [2.75, 3.05) is 0 Å². The molecule has 0 bridgehead atoms. The highest BCUT2D eigenvalue weighted by molar-refractivity contribution is 5.80. The van der Waals surface area contributed by atoms with E-state index in [9.17, 15) is 0 Å². The zero-order chi connectivity index (χ0) is 18.0. The Balaban J connectivity index is 1.84. The Morgan fingerprint density at radius 2 is 1.76 bits per heavy atom. The third kappa shape index (κ3) is 4.09. The smallest absolute Gasteiger partial charge is 0.219 e. The van der Waals surface area contributed by atoms with Crippen LogP contribution in [-0.4, -0.2) is 11.1 Å². The fourth-order valence-electron chi connectivity index (χ4n) is 2.66. The van der Waals surface area contributed by atoms with Gasteiger partial charge in [0.25, 0.3) is 0 Å². The van der Waals surface area contributed by atoms with Crippen LogP contribution in [0.2, 0.25) is 0 Å². The van der Waals surface area contributed by atoms with Gasteiger partial charge in [-0.05, 0) is 75.2 Å². The Morgan fingerprint density at radius 3 is 2.44 bits per heavy atom. The Labute approximate surface area is 148 Å². The number of benzene rings is 2. The molecular formula is C21H24N2O2. The van der Waals surface area contributed by atoms with Gasteiger partial charge in [-0.15, -0.1) is 0 Å². The normalized spacial score (nSPS) is 12.4. The molecule has 0 aliphatic rings. The molecule has 130 valence electrons. The topological polar surface area (TPSA) is 57.4 Å². The van der Waals surface area contributed by atoms with Crippen molar-refractivity contribution in [1.29, 1.82) is 0 Å². The van der Waals surface area contributed by atoms with Crippen molar-refractivity contribution in [1.82, 2.24) is 4.98 Å². The van der Waals surface area contributed by atoms with Crippen molar-refractivity contribution < 1.29 is 9.47 Å². The van der Waals surface area contributed by atoms with Gasteiger partial charge in [-0.2, -0.15) is 0 Å². The molecule has 0 aliphatic heterocycles. The molecule has 2 N–H and O–H groups in total. The quantitative estimate of drug-likeness (QED) is 0.700. The molecule has 25 heavy (non-hydrogen) atoms.